The number of hydrogen-bond acceptors (Lipinski definition) is 6. The van der Waals surface area contributed by atoms with Gasteiger partial charge in [-0.05, 0) is 45.3 Å². The zero-order chi connectivity index (χ0) is 21.9. The van der Waals surface area contributed by atoms with Crippen molar-refractivity contribution in [2.24, 2.45) is 5.73 Å². The molecule has 3 N–H and O–H groups in total. The summed E-state index contributed by atoms with van der Waals surface area (Å²) in [6.45, 7) is 7.89. The van der Waals surface area contributed by atoms with Gasteiger partial charge in [-0.25, -0.2) is 0 Å². The molecular weight excluding hydrogens is 400 g/mol. The van der Waals surface area contributed by atoms with E-state index in [4.69, 9.17) is 19.8 Å². The molecule has 0 amide bonds. The van der Waals surface area contributed by atoms with Gasteiger partial charge in [0, 0.05) is 11.6 Å². The van der Waals surface area contributed by atoms with Crippen LogP contribution < -0.4 is 26.0 Å². The van der Waals surface area contributed by atoms with Gasteiger partial charge in [0.15, 0.2) is 0 Å². The second kappa shape index (κ2) is 6.53. The van der Waals surface area contributed by atoms with Crippen molar-refractivity contribution in [3.8, 4) is 11.5 Å². The van der Waals surface area contributed by atoms with Crippen LogP contribution in [0, 0.1) is 0 Å². The fourth-order valence-electron chi connectivity index (χ4n) is 3.29. The minimum absolute atomic E-state index is 0.300. The highest BCUT2D eigenvalue weighted by molar-refractivity contribution is 6.62. The molecule has 30 heavy (non-hydrogen) atoms. The molecule has 0 saturated carbocycles. The molecule has 0 aromatic heterocycles. The van der Waals surface area contributed by atoms with Crippen molar-refractivity contribution in [1.29, 1.82) is 0 Å². The van der Waals surface area contributed by atoms with E-state index in [0.29, 0.717) is 17.0 Å². The van der Waals surface area contributed by atoms with Gasteiger partial charge in [0.25, 0.3) is 5.85 Å². The molecule has 2 aromatic carbocycles. The molecule has 2 aromatic rings. The topological polar surface area (TPSA) is 75.0 Å². The lowest BCUT2D eigenvalue weighted by Crippen LogP contribution is -2.46. The van der Waals surface area contributed by atoms with E-state index in [2.05, 4.69) is 10.1 Å². The molecule has 160 valence electrons. The maximum absolute atomic E-state index is 12.5. The number of rotatable bonds is 3. The molecule has 1 atom stereocenters. The van der Waals surface area contributed by atoms with E-state index in [9.17, 15) is 13.2 Å². The minimum Gasteiger partial charge on any atom is -0.448 e. The fraction of sp³-hybridized carbons (Fsp3) is 0.400. The summed E-state index contributed by atoms with van der Waals surface area (Å²) < 4.78 is 59.1. The summed E-state index contributed by atoms with van der Waals surface area (Å²) in [4.78, 5) is 0. The molecule has 2 heterocycles. The van der Waals surface area contributed by atoms with Crippen LogP contribution in [0.3, 0.4) is 0 Å². The molecule has 0 radical (unpaired) electrons. The maximum atomic E-state index is 12.5. The molecule has 10 heteroatoms. The van der Waals surface area contributed by atoms with Gasteiger partial charge in [0.2, 0.25) is 0 Å². The Morgan fingerprint density at radius 2 is 1.57 bits per heavy atom. The SMILES string of the molecule is CC1(C)OB(c2ccc(C3(N)Nc4cc(OC(F)(F)F)ccc4O3)cc2)OC1(C)C. The summed E-state index contributed by atoms with van der Waals surface area (Å²) in [7, 11) is -0.519. The van der Waals surface area contributed by atoms with Crippen molar-refractivity contribution < 1.29 is 32.0 Å². The Morgan fingerprint density at radius 3 is 2.13 bits per heavy atom. The smallest absolute Gasteiger partial charge is 0.448 e. The normalized spacial score (nSPS) is 24.2. The number of nitrogens with two attached hydrogens (primary N) is 1. The molecule has 2 aliphatic rings. The van der Waals surface area contributed by atoms with Gasteiger partial charge in [-0.3, -0.25) is 5.73 Å². The van der Waals surface area contributed by atoms with Crippen molar-refractivity contribution >= 4 is 18.3 Å². The third kappa shape index (κ3) is 3.70. The highest BCUT2D eigenvalue weighted by Gasteiger charge is 2.51. The molecule has 1 fully saturated rings. The Kier molecular flexibility index (Phi) is 4.54. The second-order valence-corrected chi connectivity index (χ2v) is 8.38. The number of anilines is 1. The van der Waals surface area contributed by atoms with E-state index in [1.165, 1.54) is 18.2 Å². The van der Waals surface area contributed by atoms with Crippen LogP contribution in [0.25, 0.3) is 0 Å². The van der Waals surface area contributed by atoms with Gasteiger partial charge in [0.05, 0.1) is 16.9 Å². The molecule has 1 unspecified atom stereocenters. The lowest BCUT2D eigenvalue weighted by molar-refractivity contribution is -0.274. The Hall–Kier alpha value is -2.43. The Bertz CT molecular complexity index is 950. The minimum atomic E-state index is -4.78. The number of hydrogen-bond donors (Lipinski definition) is 2. The third-order valence-corrected chi connectivity index (χ3v) is 5.64. The van der Waals surface area contributed by atoms with Gasteiger partial charge >= 0.3 is 13.5 Å². The maximum Gasteiger partial charge on any atom is 0.573 e. The summed E-state index contributed by atoms with van der Waals surface area (Å²) in [5.41, 5.74) is 7.12. The first kappa shape index (κ1) is 20.8. The highest BCUT2D eigenvalue weighted by Crippen LogP contribution is 2.42. The molecular formula is C20H22BF3N2O4. The number of ether oxygens (including phenoxy) is 2. The molecule has 1 saturated heterocycles. The Morgan fingerprint density at radius 1 is 0.967 bits per heavy atom. The molecule has 4 rings (SSSR count). The van der Waals surface area contributed by atoms with Gasteiger partial charge in [-0.1, -0.05) is 24.3 Å². The third-order valence-electron chi connectivity index (χ3n) is 5.64. The van der Waals surface area contributed by atoms with E-state index in [1.54, 1.807) is 12.1 Å². The lowest BCUT2D eigenvalue weighted by atomic mass is 9.78. The Balaban J connectivity index is 1.52. The number of halogens is 3. The van der Waals surface area contributed by atoms with Crippen LogP contribution in [0.5, 0.6) is 11.5 Å². The first-order valence-corrected chi connectivity index (χ1v) is 9.40. The molecule has 2 aliphatic heterocycles. The van der Waals surface area contributed by atoms with Gasteiger partial charge < -0.3 is 24.1 Å². The summed E-state index contributed by atoms with van der Waals surface area (Å²) in [5.74, 6) is -1.48. The second-order valence-electron chi connectivity index (χ2n) is 8.38. The summed E-state index contributed by atoms with van der Waals surface area (Å²) in [6.07, 6.45) is -4.78. The van der Waals surface area contributed by atoms with E-state index < -0.39 is 30.5 Å². The summed E-state index contributed by atoms with van der Waals surface area (Å²) in [5, 5.41) is 2.91. The van der Waals surface area contributed by atoms with Crippen molar-refractivity contribution in [3.05, 3.63) is 48.0 Å². The van der Waals surface area contributed by atoms with Gasteiger partial charge in [0.1, 0.15) is 11.5 Å². The number of alkyl halides is 3. The van der Waals surface area contributed by atoms with E-state index in [-0.39, 0.29) is 5.75 Å². The van der Waals surface area contributed by atoms with Crippen molar-refractivity contribution in [2.45, 2.75) is 51.1 Å². The standard InChI is InChI=1S/C20H22BF3N2O4/c1-17(2)18(3,4)30-21(29-17)13-7-5-12(6-8-13)19(25)26-15-11-14(27-20(22,23)24)9-10-16(15)28-19/h5-11,26H,25H2,1-4H3. The fourth-order valence-corrected chi connectivity index (χ4v) is 3.29. The van der Waals surface area contributed by atoms with Crippen LogP contribution >= 0.6 is 0 Å². The quantitative estimate of drug-likeness (QED) is 0.739. The van der Waals surface area contributed by atoms with Crippen molar-refractivity contribution in [1.82, 2.24) is 0 Å². The predicted octanol–water partition coefficient (Wildman–Crippen LogP) is 3.46. The van der Waals surface area contributed by atoms with Crippen LogP contribution in [0.2, 0.25) is 0 Å². The van der Waals surface area contributed by atoms with Crippen LogP contribution in [0.1, 0.15) is 33.3 Å². The van der Waals surface area contributed by atoms with Crippen LogP contribution in [0.4, 0.5) is 18.9 Å². The lowest BCUT2D eigenvalue weighted by Gasteiger charge is -2.32. The monoisotopic (exact) mass is 422 g/mol. The molecule has 0 bridgehead atoms. The number of nitrogens with one attached hydrogen (secondary N) is 1. The average molecular weight is 422 g/mol. The van der Waals surface area contributed by atoms with Crippen LogP contribution in [-0.2, 0) is 15.2 Å². The molecule has 6 nitrogen and oxygen atoms in total. The van der Waals surface area contributed by atoms with Crippen LogP contribution in [-0.4, -0.2) is 24.7 Å². The first-order valence-electron chi connectivity index (χ1n) is 9.40. The summed E-state index contributed by atoms with van der Waals surface area (Å²) in [6, 6.07) is 10.9. The van der Waals surface area contributed by atoms with Crippen molar-refractivity contribution in [2.75, 3.05) is 5.32 Å². The van der Waals surface area contributed by atoms with E-state index >= 15 is 0 Å². The average Bonchev–Trinajstić information content (AvgIpc) is 3.06. The zero-order valence-corrected chi connectivity index (χ0v) is 17.0. The largest absolute Gasteiger partial charge is 0.573 e. The van der Waals surface area contributed by atoms with E-state index in [0.717, 1.165) is 5.46 Å². The highest BCUT2D eigenvalue weighted by atomic mass is 19.4. The zero-order valence-electron chi connectivity index (χ0n) is 17.0. The first-order chi connectivity index (χ1) is 13.8. The van der Waals surface area contributed by atoms with Crippen molar-refractivity contribution in [3.63, 3.8) is 0 Å². The Labute approximate surface area is 172 Å². The predicted molar refractivity (Wildman–Crippen MR) is 105 cm³/mol. The van der Waals surface area contributed by atoms with Crippen LogP contribution in [0.15, 0.2) is 42.5 Å². The number of benzene rings is 2. The van der Waals surface area contributed by atoms with E-state index in [1.807, 2.05) is 39.8 Å². The molecule has 0 aliphatic carbocycles. The number of fused-ring (bicyclic) bond motifs is 1. The molecule has 0 spiro atoms. The van der Waals surface area contributed by atoms with Gasteiger partial charge in [-0.2, -0.15) is 0 Å². The summed E-state index contributed by atoms with van der Waals surface area (Å²) >= 11 is 0. The van der Waals surface area contributed by atoms with Gasteiger partial charge in [-0.15, -0.1) is 13.2 Å².